The fourth-order valence-corrected chi connectivity index (χ4v) is 4.74. The Balaban J connectivity index is 1.23. The summed E-state index contributed by atoms with van der Waals surface area (Å²) in [5.74, 6) is 1.48. The number of amides is 2. The third-order valence-corrected chi connectivity index (χ3v) is 6.92. The monoisotopic (exact) mass is 530 g/mol. The fourth-order valence-electron chi connectivity index (χ4n) is 3.98. The van der Waals surface area contributed by atoms with E-state index in [4.69, 9.17) is 14.2 Å². The Morgan fingerprint density at radius 3 is 2.55 bits per heavy atom. The summed E-state index contributed by atoms with van der Waals surface area (Å²) in [5.41, 5.74) is 2.47. The average molecular weight is 531 g/mol. The first-order valence-electron chi connectivity index (χ1n) is 12.1. The van der Waals surface area contributed by atoms with Crippen molar-refractivity contribution in [2.45, 2.75) is 12.8 Å². The average Bonchev–Trinajstić information content (AvgIpc) is 3.62. The van der Waals surface area contributed by atoms with Crippen molar-refractivity contribution in [2.75, 3.05) is 32.3 Å². The molecule has 0 bridgehead atoms. The quantitative estimate of drug-likeness (QED) is 0.318. The zero-order valence-electron chi connectivity index (χ0n) is 20.8. The maximum absolute atomic E-state index is 13.4. The van der Waals surface area contributed by atoms with Crippen LogP contribution in [0.4, 0.5) is 5.13 Å². The van der Waals surface area contributed by atoms with E-state index in [1.165, 1.54) is 11.3 Å². The van der Waals surface area contributed by atoms with Crippen molar-refractivity contribution in [1.82, 2.24) is 15.1 Å². The Bertz CT molecular complexity index is 1410. The second kappa shape index (κ2) is 11.7. The second-order valence-corrected chi connectivity index (χ2v) is 9.51. The smallest absolute Gasteiger partial charge is 0.254 e. The molecule has 2 heterocycles. The van der Waals surface area contributed by atoms with Gasteiger partial charge in [-0.25, -0.2) is 0 Å². The number of aromatic nitrogens is 2. The first-order valence-corrected chi connectivity index (χ1v) is 12.9. The molecule has 194 valence electrons. The van der Waals surface area contributed by atoms with Crippen molar-refractivity contribution in [2.24, 2.45) is 0 Å². The maximum Gasteiger partial charge on any atom is 0.254 e. The van der Waals surface area contributed by atoms with Gasteiger partial charge in [0.1, 0.15) is 10.8 Å². The van der Waals surface area contributed by atoms with Crippen LogP contribution >= 0.6 is 11.3 Å². The largest absolute Gasteiger partial charge is 0.497 e. The number of hydrogen-bond acceptors (Lipinski definition) is 8. The number of nitrogens with zero attached hydrogens (tertiary/aromatic N) is 3. The molecule has 1 aromatic heterocycles. The van der Waals surface area contributed by atoms with Gasteiger partial charge >= 0.3 is 0 Å². The first kappa shape index (κ1) is 25.2. The van der Waals surface area contributed by atoms with Crippen LogP contribution in [0.5, 0.6) is 17.2 Å². The van der Waals surface area contributed by atoms with Crippen LogP contribution in [0, 0.1) is 0 Å². The molecule has 3 aromatic carbocycles. The number of carbonyl (C=O) groups is 2. The molecule has 0 saturated carbocycles. The lowest BCUT2D eigenvalue weighted by atomic mass is 10.1. The van der Waals surface area contributed by atoms with E-state index in [0.717, 1.165) is 16.9 Å². The molecule has 0 saturated heterocycles. The van der Waals surface area contributed by atoms with E-state index >= 15 is 0 Å². The molecule has 0 radical (unpaired) electrons. The molecule has 1 aliphatic rings. The van der Waals surface area contributed by atoms with Crippen LogP contribution in [0.3, 0.4) is 0 Å². The minimum atomic E-state index is -0.245. The number of fused-ring (bicyclic) bond motifs is 1. The van der Waals surface area contributed by atoms with Crippen LogP contribution in [-0.4, -0.2) is 53.9 Å². The van der Waals surface area contributed by atoms with Crippen molar-refractivity contribution in [3.8, 4) is 27.8 Å². The van der Waals surface area contributed by atoms with E-state index in [2.05, 4.69) is 15.5 Å². The van der Waals surface area contributed by atoms with Crippen molar-refractivity contribution in [1.29, 1.82) is 0 Å². The molecule has 2 amide bonds. The predicted octanol–water partition coefficient (Wildman–Crippen LogP) is 4.66. The standard InChI is InChI=1S/C28H26N4O5S/c1-35-22-10-7-20(8-11-22)26-30-31-28(38-26)29-25(33)14-16-32(15-13-19-5-3-2-4-6-19)27(34)21-9-12-23-24(17-21)37-18-36-23/h2-12,17H,13-16,18H2,1H3,(H,29,31,33). The molecule has 5 rings (SSSR count). The van der Waals surface area contributed by atoms with E-state index in [-0.39, 0.29) is 31.6 Å². The second-order valence-electron chi connectivity index (χ2n) is 8.53. The van der Waals surface area contributed by atoms with Crippen LogP contribution in [0.15, 0.2) is 72.8 Å². The Kier molecular flexibility index (Phi) is 7.79. The highest BCUT2D eigenvalue weighted by atomic mass is 32.1. The summed E-state index contributed by atoms with van der Waals surface area (Å²) in [6.07, 6.45) is 0.781. The number of ether oxygens (including phenoxy) is 3. The Morgan fingerprint density at radius 1 is 0.974 bits per heavy atom. The third-order valence-electron chi connectivity index (χ3n) is 6.04. The van der Waals surface area contributed by atoms with Gasteiger partial charge in [0.2, 0.25) is 17.8 Å². The Hall–Kier alpha value is -4.44. The molecule has 0 aliphatic carbocycles. The molecule has 0 fully saturated rings. The number of anilines is 1. The number of methoxy groups -OCH3 is 1. The van der Waals surface area contributed by atoms with Gasteiger partial charge in [-0.1, -0.05) is 41.7 Å². The molecular formula is C28H26N4O5S. The predicted molar refractivity (Wildman–Crippen MR) is 144 cm³/mol. The fraction of sp³-hybridized carbons (Fsp3) is 0.214. The summed E-state index contributed by atoms with van der Waals surface area (Å²) in [4.78, 5) is 27.9. The number of benzene rings is 3. The lowest BCUT2D eigenvalue weighted by Crippen LogP contribution is -2.35. The number of nitrogens with one attached hydrogen (secondary N) is 1. The van der Waals surface area contributed by atoms with Gasteiger partial charge < -0.3 is 24.4 Å². The first-order chi connectivity index (χ1) is 18.6. The van der Waals surface area contributed by atoms with Gasteiger partial charge in [0.25, 0.3) is 5.91 Å². The molecule has 0 unspecified atom stereocenters. The maximum atomic E-state index is 13.4. The Morgan fingerprint density at radius 2 is 1.76 bits per heavy atom. The van der Waals surface area contributed by atoms with E-state index < -0.39 is 0 Å². The molecule has 1 aliphatic heterocycles. The summed E-state index contributed by atoms with van der Waals surface area (Å²) in [5, 5.41) is 12.2. The molecule has 38 heavy (non-hydrogen) atoms. The van der Waals surface area contributed by atoms with Gasteiger partial charge in [-0.15, -0.1) is 10.2 Å². The minimum Gasteiger partial charge on any atom is -0.497 e. The number of rotatable bonds is 10. The van der Waals surface area contributed by atoms with E-state index in [0.29, 0.717) is 40.2 Å². The van der Waals surface area contributed by atoms with E-state index in [1.54, 1.807) is 30.2 Å². The van der Waals surface area contributed by atoms with Gasteiger partial charge in [-0.05, 0) is 54.4 Å². The lowest BCUT2D eigenvalue weighted by molar-refractivity contribution is -0.116. The van der Waals surface area contributed by atoms with Crippen molar-refractivity contribution >= 4 is 28.3 Å². The number of hydrogen-bond donors (Lipinski definition) is 1. The molecule has 10 heteroatoms. The zero-order valence-corrected chi connectivity index (χ0v) is 21.6. The third kappa shape index (κ3) is 6.09. The van der Waals surface area contributed by atoms with Crippen molar-refractivity contribution in [3.63, 3.8) is 0 Å². The van der Waals surface area contributed by atoms with Gasteiger partial charge in [0.05, 0.1) is 7.11 Å². The highest BCUT2D eigenvalue weighted by Crippen LogP contribution is 2.33. The highest BCUT2D eigenvalue weighted by Gasteiger charge is 2.21. The summed E-state index contributed by atoms with van der Waals surface area (Å²) in [6, 6.07) is 22.5. The molecular weight excluding hydrogens is 504 g/mol. The molecule has 9 nitrogen and oxygen atoms in total. The van der Waals surface area contributed by atoms with Gasteiger partial charge in [0, 0.05) is 30.6 Å². The van der Waals surface area contributed by atoms with Gasteiger partial charge in [0.15, 0.2) is 11.5 Å². The Labute approximate surface area is 224 Å². The van der Waals surface area contributed by atoms with Crippen LogP contribution in [0.25, 0.3) is 10.6 Å². The minimum absolute atomic E-state index is 0.114. The van der Waals surface area contributed by atoms with Crippen LogP contribution in [0.2, 0.25) is 0 Å². The molecule has 1 N–H and O–H groups in total. The molecule has 0 spiro atoms. The summed E-state index contributed by atoms with van der Waals surface area (Å²) in [7, 11) is 1.61. The normalized spacial score (nSPS) is 11.7. The van der Waals surface area contributed by atoms with Crippen molar-refractivity contribution < 1.29 is 23.8 Å². The van der Waals surface area contributed by atoms with Gasteiger partial charge in [-0.2, -0.15) is 0 Å². The topological polar surface area (TPSA) is 103 Å². The SMILES string of the molecule is COc1ccc(-c2nnc(NC(=O)CCN(CCc3ccccc3)C(=O)c3ccc4c(c3)OCO4)s2)cc1. The summed E-state index contributed by atoms with van der Waals surface area (Å²) >= 11 is 1.28. The van der Waals surface area contributed by atoms with E-state index in [9.17, 15) is 9.59 Å². The molecule has 0 atom stereocenters. The summed E-state index contributed by atoms with van der Waals surface area (Å²) < 4.78 is 16.0. The number of carbonyl (C=O) groups excluding carboxylic acids is 2. The van der Waals surface area contributed by atoms with Crippen LogP contribution in [0.1, 0.15) is 22.3 Å². The summed E-state index contributed by atoms with van der Waals surface area (Å²) in [6.45, 7) is 0.845. The zero-order chi connectivity index (χ0) is 26.3. The van der Waals surface area contributed by atoms with Crippen molar-refractivity contribution in [3.05, 3.63) is 83.9 Å². The van der Waals surface area contributed by atoms with E-state index in [1.807, 2.05) is 54.6 Å². The lowest BCUT2D eigenvalue weighted by Gasteiger charge is -2.23. The van der Waals surface area contributed by atoms with Crippen LogP contribution < -0.4 is 19.5 Å². The van der Waals surface area contributed by atoms with Gasteiger partial charge in [-0.3, -0.25) is 9.59 Å². The van der Waals surface area contributed by atoms with Crippen LogP contribution in [-0.2, 0) is 11.2 Å². The highest BCUT2D eigenvalue weighted by molar-refractivity contribution is 7.18. The molecule has 4 aromatic rings.